The van der Waals surface area contributed by atoms with E-state index in [1.165, 1.54) is 19.3 Å². The van der Waals surface area contributed by atoms with Crippen LogP contribution in [0.4, 0.5) is 0 Å². The summed E-state index contributed by atoms with van der Waals surface area (Å²) in [7, 11) is 0. The molecule has 0 radical (unpaired) electrons. The second-order valence-electron chi connectivity index (χ2n) is 6.15. The lowest BCUT2D eigenvalue weighted by molar-refractivity contribution is -0.126. The molecule has 0 aliphatic heterocycles. The van der Waals surface area contributed by atoms with Crippen molar-refractivity contribution in [1.29, 1.82) is 0 Å². The van der Waals surface area contributed by atoms with E-state index < -0.39 is 0 Å². The third-order valence-corrected chi connectivity index (χ3v) is 4.45. The molecule has 0 saturated heterocycles. The molecule has 0 spiro atoms. The van der Waals surface area contributed by atoms with Crippen LogP contribution < -0.4 is 11.1 Å². The smallest absolute Gasteiger partial charge is 0.223 e. The third-order valence-electron chi connectivity index (χ3n) is 4.45. The van der Waals surface area contributed by atoms with Crippen LogP contribution in [0, 0.1) is 17.8 Å². The lowest BCUT2D eigenvalue weighted by Crippen LogP contribution is -2.39. The molecule has 0 aromatic carbocycles. The third kappa shape index (κ3) is 3.70. The normalized spacial score (nSPS) is 38.0. The van der Waals surface area contributed by atoms with Gasteiger partial charge in [0.1, 0.15) is 0 Å². The minimum absolute atomic E-state index is 0.178. The van der Waals surface area contributed by atoms with E-state index in [1.54, 1.807) is 0 Å². The van der Waals surface area contributed by atoms with E-state index in [9.17, 15) is 4.79 Å². The van der Waals surface area contributed by atoms with Crippen LogP contribution in [0.2, 0.25) is 0 Å². The van der Waals surface area contributed by atoms with Crippen LogP contribution in [0.1, 0.15) is 51.9 Å². The summed E-state index contributed by atoms with van der Waals surface area (Å²) in [5, 5.41) is 3.14. The molecule has 98 valence electrons. The van der Waals surface area contributed by atoms with Gasteiger partial charge in [-0.15, -0.1) is 0 Å². The van der Waals surface area contributed by atoms with Gasteiger partial charge in [0, 0.05) is 18.5 Å². The molecule has 0 aromatic rings. The number of nitrogens with two attached hydrogens (primary N) is 1. The SMILES string of the molecule is CC1CCC(CNC(=O)C2CCCC(N)C2)C1. The Kier molecular flexibility index (Phi) is 4.43. The average Bonchev–Trinajstić information content (AvgIpc) is 2.72. The van der Waals surface area contributed by atoms with Crippen LogP contribution in [0.3, 0.4) is 0 Å². The first-order valence-corrected chi connectivity index (χ1v) is 7.18. The van der Waals surface area contributed by atoms with Crippen LogP contribution >= 0.6 is 0 Å². The maximum Gasteiger partial charge on any atom is 0.223 e. The summed E-state index contributed by atoms with van der Waals surface area (Å²) >= 11 is 0. The fourth-order valence-corrected chi connectivity index (χ4v) is 3.37. The summed E-state index contributed by atoms with van der Waals surface area (Å²) in [6.45, 7) is 3.19. The molecule has 3 heteroatoms. The van der Waals surface area contributed by atoms with Gasteiger partial charge in [-0.05, 0) is 43.9 Å². The van der Waals surface area contributed by atoms with Crippen molar-refractivity contribution in [3.8, 4) is 0 Å². The van der Waals surface area contributed by atoms with E-state index in [0.717, 1.165) is 38.1 Å². The Hall–Kier alpha value is -0.570. The van der Waals surface area contributed by atoms with Gasteiger partial charge >= 0.3 is 0 Å². The Morgan fingerprint density at radius 2 is 2.06 bits per heavy atom. The number of amides is 1. The Balaban J connectivity index is 1.69. The molecule has 3 nitrogen and oxygen atoms in total. The number of carbonyl (C=O) groups excluding carboxylic acids is 1. The molecule has 0 aromatic heterocycles. The molecule has 2 aliphatic rings. The number of rotatable bonds is 3. The Labute approximate surface area is 105 Å². The van der Waals surface area contributed by atoms with Gasteiger partial charge in [0.25, 0.3) is 0 Å². The Morgan fingerprint density at radius 1 is 1.24 bits per heavy atom. The summed E-state index contributed by atoms with van der Waals surface area (Å²) in [6, 6.07) is 0.242. The summed E-state index contributed by atoms with van der Waals surface area (Å²) in [5.41, 5.74) is 5.92. The highest BCUT2D eigenvalue weighted by Crippen LogP contribution is 2.30. The van der Waals surface area contributed by atoms with Crippen molar-refractivity contribution in [2.24, 2.45) is 23.5 Å². The monoisotopic (exact) mass is 238 g/mol. The Bertz CT molecular complexity index is 267. The van der Waals surface area contributed by atoms with E-state index in [2.05, 4.69) is 12.2 Å². The van der Waals surface area contributed by atoms with Gasteiger partial charge in [0.15, 0.2) is 0 Å². The van der Waals surface area contributed by atoms with Crippen molar-refractivity contribution in [3.05, 3.63) is 0 Å². The molecule has 0 bridgehead atoms. The van der Waals surface area contributed by atoms with Crippen LogP contribution in [-0.2, 0) is 4.79 Å². The predicted molar refractivity (Wildman–Crippen MR) is 69.4 cm³/mol. The van der Waals surface area contributed by atoms with Gasteiger partial charge in [0.05, 0.1) is 0 Å². The quantitative estimate of drug-likeness (QED) is 0.790. The first kappa shape index (κ1) is 12.9. The second kappa shape index (κ2) is 5.85. The summed E-state index contributed by atoms with van der Waals surface area (Å²) in [5.74, 6) is 1.99. The van der Waals surface area contributed by atoms with E-state index in [4.69, 9.17) is 5.73 Å². The lowest BCUT2D eigenvalue weighted by atomic mass is 9.85. The van der Waals surface area contributed by atoms with Crippen LogP contribution in [0.5, 0.6) is 0 Å². The zero-order chi connectivity index (χ0) is 12.3. The number of hydrogen-bond acceptors (Lipinski definition) is 2. The van der Waals surface area contributed by atoms with Crippen molar-refractivity contribution >= 4 is 5.91 Å². The zero-order valence-electron chi connectivity index (χ0n) is 11.0. The van der Waals surface area contributed by atoms with Crippen molar-refractivity contribution in [1.82, 2.24) is 5.32 Å². The maximum absolute atomic E-state index is 12.0. The van der Waals surface area contributed by atoms with Crippen molar-refractivity contribution in [2.45, 2.75) is 57.9 Å². The summed E-state index contributed by atoms with van der Waals surface area (Å²) < 4.78 is 0. The largest absolute Gasteiger partial charge is 0.356 e. The maximum atomic E-state index is 12.0. The first-order chi connectivity index (χ1) is 8.15. The first-order valence-electron chi connectivity index (χ1n) is 7.18. The molecule has 4 atom stereocenters. The van der Waals surface area contributed by atoms with E-state index in [-0.39, 0.29) is 17.9 Å². The molecule has 2 rings (SSSR count). The second-order valence-corrected chi connectivity index (χ2v) is 6.15. The molecule has 2 fully saturated rings. The molecular formula is C14H26N2O. The van der Waals surface area contributed by atoms with Gasteiger partial charge in [-0.2, -0.15) is 0 Å². The van der Waals surface area contributed by atoms with Gasteiger partial charge in [-0.25, -0.2) is 0 Å². The van der Waals surface area contributed by atoms with Crippen molar-refractivity contribution in [2.75, 3.05) is 6.54 Å². The van der Waals surface area contributed by atoms with Crippen LogP contribution in [0.25, 0.3) is 0 Å². The van der Waals surface area contributed by atoms with E-state index in [0.29, 0.717) is 5.92 Å². The molecule has 4 unspecified atom stereocenters. The van der Waals surface area contributed by atoms with Crippen LogP contribution in [0.15, 0.2) is 0 Å². The van der Waals surface area contributed by atoms with Gasteiger partial charge in [-0.3, -0.25) is 4.79 Å². The molecule has 3 N–H and O–H groups in total. The fourth-order valence-electron chi connectivity index (χ4n) is 3.37. The summed E-state index contributed by atoms with van der Waals surface area (Å²) in [6.07, 6.45) is 8.00. The molecule has 0 heterocycles. The van der Waals surface area contributed by atoms with Crippen molar-refractivity contribution < 1.29 is 4.79 Å². The van der Waals surface area contributed by atoms with E-state index in [1.807, 2.05) is 0 Å². The molecule has 2 saturated carbocycles. The molecular weight excluding hydrogens is 212 g/mol. The highest BCUT2D eigenvalue weighted by molar-refractivity contribution is 5.78. The fraction of sp³-hybridized carbons (Fsp3) is 0.929. The number of nitrogens with one attached hydrogen (secondary N) is 1. The van der Waals surface area contributed by atoms with Gasteiger partial charge in [0.2, 0.25) is 5.91 Å². The molecule has 1 amide bonds. The highest BCUT2D eigenvalue weighted by atomic mass is 16.1. The van der Waals surface area contributed by atoms with Gasteiger partial charge in [-0.1, -0.05) is 19.8 Å². The van der Waals surface area contributed by atoms with Gasteiger partial charge < -0.3 is 11.1 Å². The minimum Gasteiger partial charge on any atom is -0.356 e. The minimum atomic E-state index is 0.178. The zero-order valence-corrected chi connectivity index (χ0v) is 11.0. The standard InChI is InChI=1S/C14H26N2O/c1-10-5-6-11(7-10)9-16-14(17)12-3-2-4-13(15)8-12/h10-13H,2-9,15H2,1H3,(H,16,17). The van der Waals surface area contributed by atoms with Crippen LogP contribution in [-0.4, -0.2) is 18.5 Å². The number of hydrogen-bond donors (Lipinski definition) is 2. The topological polar surface area (TPSA) is 55.1 Å². The van der Waals surface area contributed by atoms with Crippen molar-refractivity contribution in [3.63, 3.8) is 0 Å². The molecule has 2 aliphatic carbocycles. The summed E-state index contributed by atoms with van der Waals surface area (Å²) in [4.78, 5) is 12.0. The highest BCUT2D eigenvalue weighted by Gasteiger charge is 2.27. The number of carbonyl (C=O) groups is 1. The Morgan fingerprint density at radius 3 is 2.71 bits per heavy atom. The lowest BCUT2D eigenvalue weighted by Gasteiger charge is -2.26. The molecule has 17 heavy (non-hydrogen) atoms. The predicted octanol–water partition coefficient (Wildman–Crippen LogP) is 2.06. The average molecular weight is 238 g/mol. The van der Waals surface area contributed by atoms with E-state index >= 15 is 0 Å².